The molecule has 0 radical (unpaired) electrons. The van der Waals surface area contributed by atoms with E-state index in [1.807, 2.05) is 0 Å². The van der Waals surface area contributed by atoms with Crippen LogP contribution in [0.5, 0.6) is 11.5 Å². The maximum atomic E-state index is 11.1. The van der Waals surface area contributed by atoms with Crippen molar-refractivity contribution in [3.8, 4) is 11.5 Å². The monoisotopic (exact) mass is 300 g/mol. The molecular weight excluding hydrogens is 292 g/mol. The molecule has 1 heterocycles. The van der Waals surface area contributed by atoms with Crippen LogP contribution in [0.2, 0.25) is 4.34 Å². The Morgan fingerprint density at radius 2 is 2.32 bits per heavy atom. The summed E-state index contributed by atoms with van der Waals surface area (Å²) in [6.07, 6.45) is 0. The maximum absolute atomic E-state index is 11.1. The Hall–Kier alpha value is -1.86. The van der Waals surface area contributed by atoms with E-state index in [9.17, 15) is 4.79 Å². The maximum Gasteiger partial charge on any atom is 0.339 e. The number of carboxylic acids is 1. The molecule has 1 aromatic carbocycles. The highest BCUT2D eigenvalue weighted by molar-refractivity contribution is 7.10. The molecule has 2 aromatic rings. The van der Waals surface area contributed by atoms with E-state index in [4.69, 9.17) is 26.2 Å². The predicted octanol–water partition coefficient (Wildman–Crippen LogP) is 2.48. The van der Waals surface area contributed by atoms with Crippen LogP contribution in [0.25, 0.3) is 0 Å². The first-order chi connectivity index (χ1) is 9.11. The summed E-state index contributed by atoms with van der Waals surface area (Å²) in [5.41, 5.74) is 0.505. The number of nitrogens with zero attached hydrogens (tertiary/aromatic N) is 2. The second kappa shape index (κ2) is 5.85. The number of ether oxygens (including phenoxy) is 2. The number of aromatic carboxylic acids is 1. The van der Waals surface area contributed by atoms with Gasteiger partial charge in [0.1, 0.15) is 33.7 Å². The molecule has 0 aliphatic heterocycles. The summed E-state index contributed by atoms with van der Waals surface area (Å²) in [6.45, 7) is 0.0444. The van der Waals surface area contributed by atoms with Crippen LogP contribution in [0.4, 0.5) is 0 Å². The number of hydrogen-bond donors (Lipinski definition) is 1. The number of halogens is 1. The minimum Gasteiger partial charge on any atom is -0.497 e. The van der Waals surface area contributed by atoms with E-state index in [0.29, 0.717) is 15.8 Å². The zero-order chi connectivity index (χ0) is 13.8. The molecule has 0 unspecified atom stereocenters. The Balaban J connectivity index is 2.22. The van der Waals surface area contributed by atoms with Gasteiger partial charge in [0.05, 0.1) is 7.11 Å². The Morgan fingerprint density at radius 3 is 2.89 bits per heavy atom. The molecule has 0 saturated carbocycles. The molecule has 2 rings (SSSR count). The Kier molecular flexibility index (Phi) is 4.18. The molecule has 1 aromatic heterocycles. The topological polar surface area (TPSA) is 81.5 Å². The molecule has 100 valence electrons. The molecule has 8 heteroatoms. The van der Waals surface area contributed by atoms with Gasteiger partial charge in [-0.3, -0.25) is 0 Å². The fraction of sp³-hybridized carbons (Fsp3) is 0.182. The average Bonchev–Trinajstić information content (AvgIpc) is 2.81. The molecule has 0 aliphatic carbocycles. The average molecular weight is 301 g/mol. The number of aromatic nitrogens is 2. The van der Waals surface area contributed by atoms with Crippen molar-refractivity contribution in [2.24, 2.45) is 0 Å². The Morgan fingerprint density at radius 1 is 1.53 bits per heavy atom. The summed E-state index contributed by atoms with van der Waals surface area (Å²) in [5.74, 6) is -0.390. The van der Waals surface area contributed by atoms with Crippen molar-refractivity contribution in [2.45, 2.75) is 6.61 Å². The van der Waals surface area contributed by atoms with Crippen molar-refractivity contribution in [3.63, 3.8) is 0 Å². The summed E-state index contributed by atoms with van der Waals surface area (Å²) in [7, 11) is 1.49. The number of methoxy groups -OCH3 is 1. The number of hydrogen-bond acceptors (Lipinski definition) is 6. The van der Waals surface area contributed by atoms with E-state index in [1.165, 1.54) is 19.2 Å². The van der Waals surface area contributed by atoms with Gasteiger partial charge in [0, 0.05) is 17.6 Å². The van der Waals surface area contributed by atoms with Gasteiger partial charge in [-0.05, 0) is 12.1 Å². The molecule has 0 amide bonds. The van der Waals surface area contributed by atoms with Gasteiger partial charge in [0.15, 0.2) is 0 Å². The van der Waals surface area contributed by atoms with Crippen molar-refractivity contribution >= 4 is 29.1 Å². The smallest absolute Gasteiger partial charge is 0.339 e. The van der Waals surface area contributed by atoms with Crippen molar-refractivity contribution in [1.29, 1.82) is 0 Å². The molecular formula is C11H9ClN2O4S. The summed E-state index contributed by atoms with van der Waals surface area (Å²) in [4.78, 5) is 11.1. The summed E-state index contributed by atoms with van der Waals surface area (Å²) in [5, 5.41) is 12.8. The second-order valence-electron chi connectivity index (χ2n) is 3.45. The highest BCUT2D eigenvalue weighted by atomic mass is 35.5. The van der Waals surface area contributed by atoms with Crippen LogP contribution in [-0.4, -0.2) is 27.8 Å². The molecule has 6 nitrogen and oxygen atoms in total. The van der Waals surface area contributed by atoms with E-state index in [2.05, 4.69) is 9.59 Å². The summed E-state index contributed by atoms with van der Waals surface area (Å²) < 4.78 is 14.5. The first-order valence-electron chi connectivity index (χ1n) is 5.12. The third kappa shape index (κ3) is 3.12. The molecule has 0 spiro atoms. The van der Waals surface area contributed by atoms with E-state index >= 15 is 0 Å². The lowest BCUT2D eigenvalue weighted by molar-refractivity contribution is 0.0691. The minimum absolute atomic E-state index is 0.0418. The van der Waals surface area contributed by atoms with Crippen LogP contribution < -0.4 is 9.47 Å². The first-order valence-corrected chi connectivity index (χ1v) is 6.28. The highest BCUT2D eigenvalue weighted by Crippen LogP contribution is 2.26. The Labute approximate surface area is 117 Å². The molecule has 0 aliphatic rings. The largest absolute Gasteiger partial charge is 0.497 e. The highest BCUT2D eigenvalue weighted by Gasteiger charge is 2.14. The molecule has 0 atom stereocenters. The van der Waals surface area contributed by atoms with Gasteiger partial charge in [-0.1, -0.05) is 16.1 Å². The fourth-order valence-corrected chi connectivity index (χ4v) is 1.96. The molecule has 0 bridgehead atoms. The first kappa shape index (κ1) is 13.6. The van der Waals surface area contributed by atoms with Crippen LogP contribution in [0, 0.1) is 0 Å². The molecule has 0 fully saturated rings. The van der Waals surface area contributed by atoms with Gasteiger partial charge in [-0.2, -0.15) is 0 Å². The number of benzene rings is 1. The van der Waals surface area contributed by atoms with Crippen LogP contribution in [0.15, 0.2) is 18.2 Å². The predicted molar refractivity (Wildman–Crippen MR) is 69.2 cm³/mol. The number of carbonyl (C=O) groups is 1. The van der Waals surface area contributed by atoms with Crippen LogP contribution in [0.1, 0.15) is 16.1 Å². The number of carboxylic acid groups (broad SMARTS) is 1. The van der Waals surface area contributed by atoms with E-state index in [0.717, 1.165) is 11.5 Å². The SMILES string of the molecule is COc1ccc(C(=O)O)c(OCc2nnsc2Cl)c1. The second-order valence-corrected chi connectivity index (χ2v) is 4.81. The van der Waals surface area contributed by atoms with Gasteiger partial charge in [0.25, 0.3) is 0 Å². The van der Waals surface area contributed by atoms with Gasteiger partial charge in [0.2, 0.25) is 0 Å². The lowest BCUT2D eigenvalue weighted by atomic mass is 10.2. The summed E-state index contributed by atoms with van der Waals surface area (Å²) in [6, 6.07) is 4.46. The molecule has 19 heavy (non-hydrogen) atoms. The van der Waals surface area contributed by atoms with E-state index in [-0.39, 0.29) is 17.9 Å². The zero-order valence-electron chi connectivity index (χ0n) is 9.79. The van der Waals surface area contributed by atoms with Crippen molar-refractivity contribution < 1.29 is 19.4 Å². The minimum atomic E-state index is -1.08. The standard InChI is InChI=1S/C11H9ClN2O4S/c1-17-6-2-3-7(11(15)16)9(4-6)18-5-8-10(12)19-14-13-8/h2-4H,5H2,1H3,(H,15,16). The van der Waals surface area contributed by atoms with Gasteiger partial charge < -0.3 is 14.6 Å². The van der Waals surface area contributed by atoms with Crippen molar-refractivity contribution in [1.82, 2.24) is 9.59 Å². The lowest BCUT2D eigenvalue weighted by Crippen LogP contribution is -2.04. The quantitative estimate of drug-likeness (QED) is 0.913. The molecule has 1 N–H and O–H groups in total. The zero-order valence-corrected chi connectivity index (χ0v) is 11.4. The van der Waals surface area contributed by atoms with Gasteiger partial charge in [-0.25, -0.2) is 4.79 Å². The van der Waals surface area contributed by atoms with Crippen molar-refractivity contribution in [3.05, 3.63) is 33.8 Å². The molecule has 0 saturated heterocycles. The van der Waals surface area contributed by atoms with Crippen LogP contribution >= 0.6 is 23.1 Å². The lowest BCUT2D eigenvalue weighted by Gasteiger charge is -2.09. The third-order valence-corrected chi connectivity index (χ3v) is 3.28. The van der Waals surface area contributed by atoms with Gasteiger partial charge >= 0.3 is 5.97 Å². The summed E-state index contributed by atoms with van der Waals surface area (Å²) >= 11 is 6.88. The van der Waals surface area contributed by atoms with Crippen molar-refractivity contribution in [2.75, 3.05) is 7.11 Å². The Bertz CT molecular complexity index is 602. The third-order valence-electron chi connectivity index (χ3n) is 2.29. The fourth-order valence-electron chi connectivity index (χ4n) is 1.35. The van der Waals surface area contributed by atoms with Gasteiger partial charge in [-0.15, -0.1) is 5.10 Å². The number of rotatable bonds is 5. The van der Waals surface area contributed by atoms with E-state index in [1.54, 1.807) is 6.07 Å². The normalized spacial score (nSPS) is 10.2. The van der Waals surface area contributed by atoms with Crippen LogP contribution in [-0.2, 0) is 6.61 Å². The van der Waals surface area contributed by atoms with Crippen LogP contribution in [0.3, 0.4) is 0 Å². The van der Waals surface area contributed by atoms with E-state index < -0.39 is 5.97 Å².